The molecule has 19 heavy (non-hydrogen) atoms. The summed E-state index contributed by atoms with van der Waals surface area (Å²) in [6.45, 7) is 0. The predicted octanol–water partition coefficient (Wildman–Crippen LogP) is 2.54. The molecule has 0 aliphatic carbocycles. The average Bonchev–Trinajstić information content (AvgIpc) is 2.88. The summed E-state index contributed by atoms with van der Waals surface area (Å²) in [6.07, 6.45) is 7.30. The van der Waals surface area contributed by atoms with Gasteiger partial charge in [0.25, 0.3) is 0 Å². The van der Waals surface area contributed by atoms with Crippen molar-refractivity contribution in [2.75, 3.05) is 24.3 Å². The van der Waals surface area contributed by atoms with Crippen LogP contribution < -0.4 is 10.2 Å². The normalized spacial score (nSPS) is 10.6. The SMILES string of the molecule is CN(C)c1cccc(Nc2nccn3ccnc23)c1. The molecule has 0 fully saturated rings. The van der Waals surface area contributed by atoms with Gasteiger partial charge in [0.15, 0.2) is 11.5 Å². The maximum atomic E-state index is 4.34. The number of nitrogens with one attached hydrogen (secondary N) is 1. The summed E-state index contributed by atoms with van der Waals surface area (Å²) in [5, 5.41) is 3.31. The van der Waals surface area contributed by atoms with Gasteiger partial charge in [0.05, 0.1) is 0 Å². The highest BCUT2D eigenvalue weighted by molar-refractivity contribution is 5.71. The minimum absolute atomic E-state index is 0.753. The van der Waals surface area contributed by atoms with Crippen LogP contribution in [0.25, 0.3) is 5.65 Å². The highest BCUT2D eigenvalue weighted by Gasteiger charge is 2.04. The molecule has 0 spiro atoms. The summed E-state index contributed by atoms with van der Waals surface area (Å²) in [7, 11) is 4.04. The van der Waals surface area contributed by atoms with Gasteiger partial charge in [0.2, 0.25) is 0 Å². The number of anilines is 3. The van der Waals surface area contributed by atoms with E-state index < -0.39 is 0 Å². The summed E-state index contributed by atoms with van der Waals surface area (Å²) in [6, 6.07) is 8.17. The molecule has 5 heteroatoms. The summed E-state index contributed by atoms with van der Waals surface area (Å²) < 4.78 is 1.94. The monoisotopic (exact) mass is 253 g/mol. The van der Waals surface area contributed by atoms with Crippen molar-refractivity contribution in [3.05, 3.63) is 49.1 Å². The highest BCUT2D eigenvalue weighted by atomic mass is 15.1. The maximum Gasteiger partial charge on any atom is 0.180 e. The number of aromatic nitrogens is 3. The molecular formula is C14H15N5. The van der Waals surface area contributed by atoms with E-state index in [9.17, 15) is 0 Å². The van der Waals surface area contributed by atoms with E-state index in [1.807, 2.05) is 43.0 Å². The van der Waals surface area contributed by atoms with Crippen LogP contribution in [0.5, 0.6) is 0 Å². The van der Waals surface area contributed by atoms with Gasteiger partial charge in [0, 0.05) is 50.3 Å². The van der Waals surface area contributed by atoms with Gasteiger partial charge in [-0.2, -0.15) is 0 Å². The van der Waals surface area contributed by atoms with E-state index in [0.29, 0.717) is 0 Å². The molecule has 1 N–H and O–H groups in total. The van der Waals surface area contributed by atoms with Crippen molar-refractivity contribution in [3.8, 4) is 0 Å². The zero-order chi connectivity index (χ0) is 13.2. The lowest BCUT2D eigenvalue weighted by Gasteiger charge is -2.14. The molecular weight excluding hydrogens is 238 g/mol. The lowest BCUT2D eigenvalue weighted by molar-refractivity contribution is 1.12. The number of imidazole rings is 1. The van der Waals surface area contributed by atoms with E-state index >= 15 is 0 Å². The Labute approximate surface area is 111 Å². The van der Waals surface area contributed by atoms with Crippen LogP contribution in [-0.4, -0.2) is 28.5 Å². The minimum atomic E-state index is 0.753. The molecule has 0 aliphatic heterocycles. The van der Waals surface area contributed by atoms with E-state index in [1.54, 1.807) is 12.4 Å². The maximum absolute atomic E-state index is 4.34. The lowest BCUT2D eigenvalue weighted by Crippen LogP contribution is -2.08. The first-order valence-electron chi connectivity index (χ1n) is 6.06. The minimum Gasteiger partial charge on any atom is -0.378 e. The van der Waals surface area contributed by atoms with Gasteiger partial charge < -0.3 is 14.6 Å². The van der Waals surface area contributed by atoms with Crippen LogP contribution in [0.2, 0.25) is 0 Å². The van der Waals surface area contributed by atoms with Crippen molar-refractivity contribution in [2.45, 2.75) is 0 Å². The van der Waals surface area contributed by atoms with Gasteiger partial charge >= 0.3 is 0 Å². The third-order valence-electron chi connectivity index (χ3n) is 2.94. The third-order valence-corrected chi connectivity index (χ3v) is 2.94. The fraction of sp³-hybridized carbons (Fsp3) is 0.143. The van der Waals surface area contributed by atoms with Crippen molar-refractivity contribution in [1.29, 1.82) is 0 Å². The molecule has 0 radical (unpaired) electrons. The highest BCUT2D eigenvalue weighted by Crippen LogP contribution is 2.22. The molecule has 96 valence electrons. The fourth-order valence-corrected chi connectivity index (χ4v) is 1.94. The topological polar surface area (TPSA) is 45.5 Å². The van der Waals surface area contributed by atoms with Crippen LogP contribution in [0.15, 0.2) is 49.1 Å². The van der Waals surface area contributed by atoms with Gasteiger partial charge in [0.1, 0.15) is 0 Å². The molecule has 1 aromatic carbocycles. The summed E-state index contributed by atoms with van der Waals surface area (Å²) in [4.78, 5) is 10.7. The second-order valence-electron chi connectivity index (χ2n) is 4.50. The Morgan fingerprint density at radius 1 is 1.11 bits per heavy atom. The molecule has 3 rings (SSSR count). The van der Waals surface area contributed by atoms with Crippen LogP contribution in [0, 0.1) is 0 Å². The van der Waals surface area contributed by atoms with Gasteiger partial charge in [-0.25, -0.2) is 9.97 Å². The van der Waals surface area contributed by atoms with E-state index in [2.05, 4.69) is 32.3 Å². The largest absolute Gasteiger partial charge is 0.378 e. The lowest BCUT2D eigenvalue weighted by atomic mass is 10.2. The van der Waals surface area contributed by atoms with E-state index in [4.69, 9.17) is 0 Å². The van der Waals surface area contributed by atoms with E-state index in [1.165, 1.54) is 0 Å². The van der Waals surface area contributed by atoms with Crippen LogP contribution >= 0.6 is 0 Å². The number of benzene rings is 1. The Kier molecular flexibility index (Phi) is 2.79. The van der Waals surface area contributed by atoms with Gasteiger partial charge in [-0.3, -0.25) is 0 Å². The smallest absolute Gasteiger partial charge is 0.180 e. The zero-order valence-electron chi connectivity index (χ0n) is 10.9. The Morgan fingerprint density at radius 3 is 2.68 bits per heavy atom. The molecule has 0 aliphatic rings. The Morgan fingerprint density at radius 2 is 1.89 bits per heavy atom. The van der Waals surface area contributed by atoms with Crippen molar-refractivity contribution in [2.24, 2.45) is 0 Å². The predicted molar refractivity (Wildman–Crippen MR) is 77.0 cm³/mol. The Balaban J connectivity index is 1.97. The van der Waals surface area contributed by atoms with Crippen molar-refractivity contribution < 1.29 is 0 Å². The molecule has 0 atom stereocenters. The molecule has 0 saturated carbocycles. The number of nitrogens with zero attached hydrogens (tertiary/aromatic N) is 4. The van der Waals surface area contributed by atoms with Gasteiger partial charge in [-0.1, -0.05) is 6.07 Å². The Bertz CT molecular complexity index is 702. The van der Waals surface area contributed by atoms with Crippen LogP contribution in [-0.2, 0) is 0 Å². The summed E-state index contributed by atoms with van der Waals surface area (Å²) in [5.41, 5.74) is 2.95. The van der Waals surface area contributed by atoms with Gasteiger partial charge in [-0.05, 0) is 18.2 Å². The summed E-state index contributed by atoms with van der Waals surface area (Å²) >= 11 is 0. The fourth-order valence-electron chi connectivity index (χ4n) is 1.94. The van der Waals surface area contributed by atoms with E-state index in [-0.39, 0.29) is 0 Å². The molecule has 0 bridgehead atoms. The number of fused-ring (bicyclic) bond motifs is 1. The first kappa shape index (κ1) is 11.5. The van der Waals surface area contributed by atoms with E-state index in [0.717, 1.165) is 22.8 Å². The van der Waals surface area contributed by atoms with Crippen LogP contribution in [0.4, 0.5) is 17.2 Å². The number of hydrogen-bond donors (Lipinski definition) is 1. The molecule has 2 heterocycles. The quantitative estimate of drug-likeness (QED) is 0.779. The first-order valence-corrected chi connectivity index (χ1v) is 6.06. The zero-order valence-corrected chi connectivity index (χ0v) is 10.9. The molecule has 0 saturated heterocycles. The second kappa shape index (κ2) is 4.61. The molecule has 3 aromatic rings. The number of rotatable bonds is 3. The third kappa shape index (κ3) is 2.22. The first-order chi connectivity index (χ1) is 9.24. The van der Waals surface area contributed by atoms with Crippen molar-refractivity contribution in [1.82, 2.24) is 14.4 Å². The molecule has 2 aromatic heterocycles. The summed E-state index contributed by atoms with van der Waals surface area (Å²) in [5.74, 6) is 0.753. The molecule has 0 unspecified atom stereocenters. The van der Waals surface area contributed by atoms with Crippen molar-refractivity contribution in [3.63, 3.8) is 0 Å². The number of hydrogen-bond acceptors (Lipinski definition) is 4. The second-order valence-corrected chi connectivity index (χ2v) is 4.50. The van der Waals surface area contributed by atoms with Crippen LogP contribution in [0.3, 0.4) is 0 Å². The van der Waals surface area contributed by atoms with Gasteiger partial charge in [-0.15, -0.1) is 0 Å². The standard InChI is InChI=1S/C14H15N5/c1-18(2)12-5-3-4-11(10-12)17-13-14-16-7-9-19(14)8-6-15-13/h3-10H,1-2H3,(H,15,17). The average molecular weight is 253 g/mol. The Hall–Kier alpha value is -2.56. The molecule has 0 amide bonds. The molecule has 5 nitrogen and oxygen atoms in total. The van der Waals surface area contributed by atoms with Crippen LogP contribution in [0.1, 0.15) is 0 Å². The van der Waals surface area contributed by atoms with Crippen molar-refractivity contribution >= 4 is 22.8 Å².